The van der Waals surface area contributed by atoms with Crippen LogP contribution in [0.5, 0.6) is 0 Å². The maximum Gasteiger partial charge on any atom is 0.106 e. The third-order valence-electron chi connectivity index (χ3n) is 3.56. The maximum absolute atomic E-state index is 5.80. The number of benzene rings is 1. The fourth-order valence-corrected chi connectivity index (χ4v) is 3.06. The minimum absolute atomic E-state index is 0.437. The van der Waals surface area contributed by atoms with Crippen LogP contribution in [0.1, 0.15) is 25.3 Å². The first-order chi connectivity index (χ1) is 9.10. The molecule has 5 heteroatoms. The summed E-state index contributed by atoms with van der Waals surface area (Å²) in [5, 5.41) is 3.59. The summed E-state index contributed by atoms with van der Waals surface area (Å²) in [6.45, 7) is 5.61. The van der Waals surface area contributed by atoms with Gasteiger partial charge in [0.15, 0.2) is 0 Å². The highest BCUT2D eigenvalue weighted by Crippen LogP contribution is 2.23. The Hall–Kier alpha value is -0.650. The predicted octanol–water partition coefficient (Wildman–Crippen LogP) is 2.98. The summed E-state index contributed by atoms with van der Waals surface area (Å²) >= 11 is 8.59. The van der Waals surface area contributed by atoms with Crippen LogP contribution in [0.25, 0.3) is 0 Å². The number of hydrogen-bond acceptors (Lipinski definition) is 3. The van der Waals surface area contributed by atoms with Crippen molar-refractivity contribution in [3.05, 3.63) is 28.2 Å². The van der Waals surface area contributed by atoms with Crippen molar-refractivity contribution in [3.8, 4) is 0 Å². The Morgan fingerprint density at radius 2 is 2.37 bits per heavy atom. The molecular weight excluding hydrogens is 322 g/mol. The van der Waals surface area contributed by atoms with Gasteiger partial charge in [-0.2, -0.15) is 0 Å². The predicted molar refractivity (Wildman–Crippen MR) is 88.8 cm³/mol. The molecule has 1 atom stereocenters. The second-order valence-corrected chi connectivity index (χ2v) is 6.29. The van der Waals surface area contributed by atoms with Gasteiger partial charge < -0.3 is 16.0 Å². The fourth-order valence-electron chi connectivity index (χ4n) is 2.53. The SMILES string of the molecule is CCN1CCCC(Nc2ccc(Br)cc2C(N)=S)C1. The van der Waals surface area contributed by atoms with E-state index in [1.54, 1.807) is 0 Å². The Morgan fingerprint density at radius 3 is 3.05 bits per heavy atom. The average Bonchev–Trinajstić information content (AvgIpc) is 2.41. The number of nitrogens with two attached hydrogens (primary N) is 1. The molecular formula is C14H20BrN3S. The van der Waals surface area contributed by atoms with Crippen LogP contribution in [0, 0.1) is 0 Å². The Kier molecular flexibility index (Phi) is 5.19. The number of piperidine rings is 1. The lowest BCUT2D eigenvalue weighted by Gasteiger charge is -2.33. The molecule has 1 unspecified atom stereocenters. The first kappa shape index (κ1) is 14.8. The van der Waals surface area contributed by atoms with Crippen LogP contribution in [-0.2, 0) is 0 Å². The number of rotatable bonds is 4. The van der Waals surface area contributed by atoms with Crippen molar-refractivity contribution in [2.75, 3.05) is 25.0 Å². The van der Waals surface area contributed by atoms with Gasteiger partial charge in [-0.3, -0.25) is 0 Å². The van der Waals surface area contributed by atoms with Gasteiger partial charge in [0.05, 0.1) is 0 Å². The second kappa shape index (κ2) is 6.68. The van der Waals surface area contributed by atoms with Crippen LogP contribution >= 0.6 is 28.1 Å². The molecule has 0 spiro atoms. The smallest absolute Gasteiger partial charge is 0.106 e. The lowest BCUT2D eigenvalue weighted by atomic mass is 10.0. The van der Waals surface area contributed by atoms with E-state index in [0.717, 1.165) is 28.8 Å². The molecule has 3 nitrogen and oxygen atoms in total. The van der Waals surface area contributed by atoms with Crippen LogP contribution in [0.3, 0.4) is 0 Å². The summed E-state index contributed by atoms with van der Waals surface area (Å²) in [5.41, 5.74) is 7.76. The monoisotopic (exact) mass is 341 g/mol. The maximum atomic E-state index is 5.80. The zero-order chi connectivity index (χ0) is 13.8. The van der Waals surface area contributed by atoms with E-state index in [2.05, 4.69) is 33.1 Å². The molecule has 0 bridgehead atoms. The van der Waals surface area contributed by atoms with Crippen LogP contribution in [-0.4, -0.2) is 35.6 Å². The number of likely N-dealkylation sites (tertiary alicyclic amines) is 1. The summed E-state index contributed by atoms with van der Waals surface area (Å²) in [6.07, 6.45) is 2.44. The zero-order valence-electron chi connectivity index (χ0n) is 11.2. The van der Waals surface area contributed by atoms with Crippen LogP contribution < -0.4 is 11.1 Å². The summed E-state index contributed by atoms with van der Waals surface area (Å²) < 4.78 is 1.000. The van der Waals surface area contributed by atoms with Crippen molar-refractivity contribution in [3.63, 3.8) is 0 Å². The van der Waals surface area contributed by atoms with Crippen LogP contribution in [0.2, 0.25) is 0 Å². The molecule has 1 aromatic rings. The van der Waals surface area contributed by atoms with Gasteiger partial charge in [-0.05, 0) is 44.1 Å². The van der Waals surface area contributed by atoms with Crippen molar-refractivity contribution in [1.29, 1.82) is 0 Å². The summed E-state index contributed by atoms with van der Waals surface area (Å²) in [4.78, 5) is 2.91. The Balaban J connectivity index is 2.12. The molecule has 1 heterocycles. The zero-order valence-corrected chi connectivity index (χ0v) is 13.6. The second-order valence-electron chi connectivity index (χ2n) is 4.93. The summed E-state index contributed by atoms with van der Waals surface area (Å²) in [5.74, 6) is 0. The number of anilines is 1. The van der Waals surface area contributed by atoms with Crippen LogP contribution in [0.4, 0.5) is 5.69 Å². The van der Waals surface area contributed by atoms with Gasteiger partial charge in [0.1, 0.15) is 4.99 Å². The molecule has 1 saturated heterocycles. The minimum Gasteiger partial charge on any atom is -0.389 e. The molecule has 0 aliphatic carbocycles. The fraction of sp³-hybridized carbons (Fsp3) is 0.500. The topological polar surface area (TPSA) is 41.3 Å². The highest BCUT2D eigenvalue weighted by atomic mass is 79.9. The Labute approximate surface area is 128 Å². The molecule has 0 radical (unpaired) electrons. The van der Waals surface area contributed by atoms with Gasteiger partial charge in [-0.15, -0.1) is 0 Å². The number of nitrogens with one attached hydrogen (secondary N) is 1. The van der Waals surface area contributed by atoms with E-state index >= 15 is 0 Å². The van der Waals surface area contributed by atoms with Crippen molar-refractivity contribution in [2.45, 2.75) is 25.8 Å². The Bertz CT molecular complexity index is 464. The first-order valence-corrected chi connectivity index (χ1v) is 7.88. The molecule has 3 N–H and O–H groups in total. The standard InChI is InChI=1S/C14H20BrN3S/c1-2-18-7-3-4-11(9-18)17-13-6-5-10(15)8-12(13)14(16)19/h5-6,8,11,17H,2-4,7,9H2,1H3,(H2,16,19). The van der Waals surface area contributed by atoms with Gasteiger partial charge in [-0.25, -0.2) is 0 Å². The van der Waals surface area contributed by atoms with Crippen molar-refractivity contribution in [2.24, 2.45) is 5.73 Å². The van der Waals surface area contributed by atoms with E-state index in [1.807, 2.05) is 18.2 Å². The number of thiocarbonyl (C=S) groups is 1. The van der Waals surface area contributed by atoms with E-state index in [-0.39, 0.29) is 0 Å². The Morgan fingerprint density at radius 1 is 1.58 bits per heavy atom. The quantitative estimate of drug-likeness (QED) is 0.826. The molecule has 0 saturated carbocycles. The van der Waals surface area contributed by atoms with Crippen molar-refractivity contribution < 1.29 is 0 Å². The van der Waals surface area contributed by atoms with Gasteiger partial charge in [0.2, 0.25) is 0 Å². The van der Waals surface area contributed by atoms with Crippen LogP contribution in [0.15, 0.2) is 22.7 Å². The molecule has 104 valence electrons. The van der Waals surface area contributed by atoms with Gasteiger partial charge >= 0.3 is 0 Å². The number of nitrogens with zero attached hydrogens (tertiary/aromatic N) is 1. The molecule has 1 fully saturated rings. The molecule has 1 aliphatic heterocycles. The van der Waals surface area contributed by atoms with Gasteiger partial charge in [-0.1, -0.05) is 35.1 Å². The lowest BCUT2D eigenvalue weighted by molar-refractivity contribution is 0.227. The third-order valence-corrected chi connectivity index (χ3v) is 4.27. The van der Waals surface area contributed by atoms with Gasteiger partial charge in [0.25, 0.3) is 0 Å². The molecule has 19 heavy (non-hydrogen) atoms. The average molecular weight is 342 g/mol. The van der Waals surface area contributed by atoms with E-state index < -0.39 is 0 Å². The van der Waals surface area contributed by atoms with Crippen molar-refractivity contribution in [1.82, 2.24) is 4.90 Å². The number of hydrogen-bond donors (Lipinski definition) is 2. The minimum atomic E-state index is 0.437. The molecule has 1 aromatic carbocycles. The largest absolute Gasteiger partial charge is 0.389 e. The van der Waals surface area contributed by atoms with E-state index in [4.69, 9.17) is 18.0 Å². The summed E-state index contributed by atoms with van der Waals surface area (Å²) in [7, 11) is 0. The van der Waals surface area contributed by atoms with Crippen molar-refractivity contribution >= 4 is 38.8 Å². The molecule has 1 aliphatic rings. The third kappa shape index (κ3) is 3.91. The first-order valence-electron chi connectivity index (χ1n) is 6.68. The number of likely N-dealkylation sites (N-methyl/N-ethyl adjacent to an activating group) is 1. The number of halogens is 1. The highest BCUT2D eigenvalue weighted by molar-refractivity contribution is 9.10. The lowest BCUT2D eigenvalue weighted by Crippen LogP contribution is -2.42. The molecule has 0 amide bonds. The molecule has 0 aromatic heterocycles. The molecule has 2 rings (SSSR count). The van der Waals surface area contributed by atoms with E-state index in [1.165, 1.54) is 19.4 Å². The van der Waals surface area contributed by atoms with E-state index in [9.17, 15) is 0 Å². The van der Waals surface area contributed by atoms with E-state index in [0.29, 0.717) is 11.0 Å². The summed E-state index contributed by atoms with van der Waals surface area (Å²) in [6, 6.07) is 6.52. The highest BCUT2D eigenvalue weighted by Gasteiger charge is 2.19. The van der Waals surface area contributed by atoms with Gasteiger partial charge in [0, 0.05) is 28.3 Å². The normalized spacial score (nSPS) is 20.2.